The first-order chi connectivity index (χ1) is 11.7. The Kier molecular flexibility index (Phi) is 9.00. The number of hydrogen-bond acceptors (Lipinski definition) is 4. The van der Waals surface area contributed by atoms with Gasteiger partial charge >= 0.3 is 37.7 Å². The summed E-state index contributed by atoms with van der Waals surface area (Å²) in [7, 11) is 0. The zero-order chi connectivity index (χ0) is 16.8. The molecule has 0 bridgehead atoms. The second-order valence-electron chi connectivity index (χ2n) is 5.12. The molecule has 0 unspecified atom stereocenters. The molecular formula is C20H18Li2N2O2. The van der Waals surface area contributed by atoms with Gasteiger partial charge in [0, 0.05) is 23.6 Å². The molecule has 0 saturated heterocycles. The van der Waals surface area contributed by atoms with Crippen LogP contribution in [0.25, 0.3) is 0 Å². The van der Waals surface area contributed by atoms with Crippen molar-refractivity contribution in [2.24, 2.45) is 9.98 Å². The van der Waals surface area contributed by atoms with Crippen LogP contribution < -0.4 is 37.7 Å². The molecule has 3 aromatic carbocycles. The molecule has 4 nitrogen and oxygen atoms in total. The summed E-state index contributed by atoms with van der Waals surface area (Å²) in [4.78, 5) is 8.82. The maximum atomic E-state index is 9.79. The minimum Gasteiger partial charge on any atom is -1.00 e. The third-order valence-corrected chi connectivity index (χ3v) is 3.44. The van der Waals surface area contributed by atoms with E-state index in [-0.39, 0.29) is 52.1 Å². The Bertz CT molecular complexity index is 847. The van der Waals surface area contributed by atoms with Crippen molar-refractivity contribution in [3.8, 4) is 11.5 Å². The molecule has 0 amide bonds. The minimum absolute atomic E-state index is 0. The average molecular weight is 332 g/mol. The van der Waals surface area contributed by atoms with Crippen LogP contribution in [0, 0.1) is 0 Å². The van der Waals surface area contributed by atoms with Crippen molar-refractivity contribution in [1.82, 2.24) is 0 Å². The third-order valence-electron chi connectivity index (χ3n) is 3.44. The van der Waals surface area contributed by atoms with Gasteiger partial charge in [-0.1, -0.05) is 36.4 Å². The maximum absolute atomic E-state index is 9.79. The first-order valence-corrected chi connectivity index (χ1v) is 7.47. The van der Waals surface area contributed by atoms with Gasteiger partial charge in [-0.2, -0.15) is 0 Å². The van der Waals surface area contributed by atoms with E-state index in [2.05, 4.69) is 9.98 Å². The fourth-order valence-corrected chi connectivity index (χ4v) is 2.15. The number of para-hydroxylation sites is 4. The molecule has 0 aliphatic heterocycles. The Morgan fingerprint density at radius 1 is 0.577 bits per heavy atom. The van der Waals surface area contributed by atoms with Crippen molar-refractivity contribution >= 4 is 23.8 Å². The number of aromatic hydroxyl groups is 2. The topological polar surface area (TPSA) is 65.2 Å². The van der Waals surface area contributed by atoms with E-state index in [1.807, 2.05) is 36.4 Å². The molecule has 0 heterocycles. The third kappa shape index (κ3) is 5.66. The molecule has 0 aliphatic rings. The molecule has 3 rings (SSSR count). The van der Waals surface area contributed by atoms with Gasteiger partial charge < -0.3 is 13.1 Å². The number of nitrogens with zero attached hydrogens (tertiary/aromatic N) is 2. The maximum Gasteiger partial charge on any atom is 1.00 e. The van der Waals surface area contributed by atoms with Crippen LogP contribution in [-0.4, -0.2) is 22.6 Å². The predicted octanol–water partition coefficient (Wildman–Crippen LogP) is -1.17. The van der Waals surface area contributed by atoms with Crippen LogP contribution in [0.5, 0.6) is 11.5 Å². The van der Waals surface area contributed by atoms with Crippen molar-refractivity contribution in [3.05, 3.63) is 83.9 Å². The van der Waals surface area contributed by atoms with E-state index >= 15 is 0 Å². The number of hydrogen-bond donors (Lipinski definition) is 2. The molecule has 3 aromatic rings. The molecular weight excluding hydrogens is 314 g/mol. The van der Waals surface area contributed by atoms with E-state index < -0.39 is 0 Å². The molecule has 26 heavy (non-hydrogen) atoms. The fraction of sp³-hybridized carbons (Fsp3) is 0. The Labute approximate surface area is 179 Å². The molecule has 0 radical (unpaired) electrons. The van der Waals surface area contributed by atoms with Crippen LogP contribution in [0.2, 0.25) is 0 Å². The zero-order valence-corrected chi connectivity index (χ0v) is 14.9. The van der Waals surface area contributed by atoms with Crippen molar-refractivity contribution in [2.75, 3.05) is 0 Å². The number of rotatable bonds is 4. The predicted molar refractivity (Wildman–Crippen MR) is 99.4 cm³/mol. The summed E-state index contributed by atoms with van der Waals surface area (Å²) >= 11 is 0. The smallest absolute Gasteiger partial charge is 1.00 e. The van der Waals surface area contributed by atoms with E-state index in [9.17, 15) is 10.2 Å². The largest absolute Gasteiger partial charge is 1.00 e. The molecule has 0 aromatic heterocycles. The van der Waals surface area contributed by atoms with Crippen LogP contribution in [-0.2, 0) is 0 Å². The van der Waals surface area contributed by atoms with Gasteiger partial charge in [-0.3, -0.25) is 9.98 Å². The van der Waals surface area contributed by atoms with Gasteiger partial charge in [0.05, 0.1) is 11.4 Å². The standard InChI is InChI=1S/C20H16N2O2.2Li.2H/c23-19-11-5-1-7-15(19)13-21-17-9-3-4-10-18(17)22-14-16-8-2-6-12-20(16)24;;;;/h1-14,23-24H;;;;/q;2*+1;2*-1. The van der Waals surface area contributed by atoms with Gasteiger partial charge in [0.15, 0.2) is 0 Å². The van der Waals surface area contributed by atoms with Crippen LogP contribution >= 0.6 is 0 Å². The molecule has 0 atom stereocenters. The second kappa shape index (κ2) is 10.7. The van der Waals surface area contributed by atoms with E-state index in [0.29, 0.717) is 22.5 Å². The van der Waals surface area contributed by atoms with E-state index in [4.69, 9.17) is 0 Å². The number of benzene rings is 3. The van der Waals surface area contributed by atoms with Gasteiger partial charge in [-0.05, 0) is 36.4 Å². The first kappa shape index (κ1) is 21.8. The summed E-state index contributed by atoms with van der Waals surface area (Å²) in [6.45, 7) is 0. The van der Waals surface area contributed by atoms with Crippen LogP contribution in [0.4, 0.5) is 11.4 Å². The second-order valence-corrected chi connectivity index (χ2v) is 5.12. The Hall–Kier alpha value is -2.21. The van der Waals surface area contributed by atoms with Crippen molar-refractivity contribution in [2.45, 2.75) is 0 Å². The summed E-state index contributed by atoms with van der Waals surface area (Å²) in [6, 6.07) is 21.4. The van der Waals surface area contributed by atoms with Gasteiger partial charge in [0.1, 0.15) is 11.5 Å². The van der Waals surface area contributed by atoms with Gasteiger partial charge in [0.25, 0.3) is 0 Å². The Morgan fingerprint density at radius 2 is 0.923 bits per heavy atom. The van der Waals surface area contributed by atoms with Gasteiger partial charge in [-0.25, -0.2) is 0 Å². The summed E-state index contributed by atoms with van der Waals surface area (Å²) in [5, 5.41) is 19.6. The quantitative estimate of drug-likeness (QED) is 0.467. The number of aliphatic imine (C=N–C) groups is 2. The van der Waals surface area contributed by atoms with Crippen molar-refractivity contribution < 1.29 is 50.8 Å². The summed E-state index contributed by atoms with van der Waals surface area (Å²) in [6.07, 6.45) is 3.20. The summed E-state index contributed by atoms with van der Waals surface area (Å²) in [5.41, 5.74) is 2.62. The normalized spacial score (nSPS) is 10.5. The van der Waals surface area contributed by atoms with E-state index in [1.165, 1.54) is 0 Å². The first-order valence-electron chi connectivity index (χ1n) is 7.47. The number of phenolic OH excluding ortho intramolecular Hbond substituents is 2. The minimum atomic E-state index is 0. The SMILES string of the molecule is Oc1ccccc1C=Nc1ccccc1N=Cc1ccccc1O.[H-].[H-].[Li+].[Li+]. The Morgan fingerprint density at radius 3 is 1.31 bits per heavy atom. The fourth-order valence-electron chi connectivity index (χ4n) is 2.15. The van der Waals surface area contributed by atoms with Crippen molar-refractivity contribution in [1.29, 1.82) is 0 Å². The van der Waals surface area contributed by atoms with Crippen LogP contribution in [0.15, 0.2) is 82.8 Å². The van der Waals surface area contributed by atoms with E-state index in [0.717, 1.165) is 0 Å². The molecule has 0 fully saturated rings. The van der Waals surface area contributed by atoms with E-state index in [1.54, 1.807) is 48.8 Å². The molecule has 122 valence electrons. The van der Waals surface area contributed by atoms with Gasteiger partial charge in [-0.15, -0.1) is 0 Å². The van der Waals surface area contributed by atoms with Crippen LogP contribution in [0.1, 0.15) is 14.0 Å². The van der Waals surface area contributed by atoms with Crippen LogP contribution in [0.3, 0.4) is 0 Å². The summed E-state index contributed by atoms with van der Waals surface area (Å²) < 4.78 is 0. The zero-order valence-electron chi connectivity index (χ0n) is 16.9. The monoisotopic (exact) mass is 332 g/mol. The Balaban J connectivity index is 0. The van der Waals surface area contributed by atoms with Crippen molar-refractivity contribution in [3.63, 3.8) is 0 Å². The molecule has 0 spiro atoms. The molecule has 0 saturated carbocycles. The molecule has 0 aliphatic carbocycles. The molecule has 2 N–H and O–H groups in total. The van der Waals surface area contributed by atoms with Gasteiger partial charge in [0.2, 0.25) is 0 Å². The average Bonchev–Trinajstić information content (AvgIpc) is 2.61. The summed E-state index contributed by atoms with van der Waals surface area (Å²) in [5.74, 6) is 0.355. The molecule has 6 heteroatoms. The number of phenols is 2.